The van der Waals surface area contributed by atoms with Gasteiger partial charge in [0.2, 0.25) is 0 Å². The van der Waals surface area contributed by atoms with Crippen molar-refractivity contribution < 1.29 is 4.74 Å². The van der Waals surface area contributed by atoms with Crippen LogP contribution in [0, 0.1) is 0 Å². The van der Waals surface area contributed by atoms with Gasteiger partial charge in [-0.15, -0.1) is 0 Å². The minimum atomic E-state index is 0.318. The van der Waals surface area contributed by atoms with E-state index in [1.165, 1.54) is 16.7 Å². The first-order valence-electron chi connectivity index (χ1n) is 9.71. The van der Waals surface area contributed by atoms with Gasteiger partial charge in [-0.2, -0.15) is 0 Å². The Morgan fingerprint density at radius 2 is 1.37 bits per heavy atom. The minimum Gasteiger partial charge on any atom is -0.497 e. The predicted octanol–water partition coefficient (Wildman–Crippen LogP) is 6.41. The van der Waals surface area contributed by atoms with Crippen molar-refractivity contribution in [3.63, 3.8) is 0 Å². The highest BCUT2D eigenvalue weighted by molar-refractivity contribution is 5.30. The van der Waals surface area contributed by atoms with Gasteiger partial charge in [0.05, 0.1) is 7.11 Å². The number of methoxy groups -OCH3 is 1. The van der Waals surface area contributed by atoms with E-state index >= 15 is 0 Å². The van der Waals surface area contributed by atoms with E-state index in [1.54, 1.807) is 7.11 Å². The normalized spacial score (nSPS) is 13.3. The fourth-order valence-electron chi connectivity index (χ4n) is 3.72. The lowest BCUT2D eigenvalue weighted by Gasteiger charge is -2.37. The molecule has 1 unspecified atom stereocenters. The second-order valence-electron chi connectivity index (χ2n) is 6.94. The van der Waals surface area contributed by atoms with Crippen molar-refractivity contribution in [2.24, 2.45) is 0 Å². The molecule has 0 radical (unpaired) electrons. The van der Waals surface area contributed by atoms with E-state index in [9.17, 15) is 0 Å². The van der Waals surface area contributed by atoms with Gasteiger partial charge < -0.3 is 4.74 Å². The first-order valence-corrected chi connectivity index (χ1v) is 9.71. The Kier molecular flexibility index (Phi) is 6.67. The van der Waals surface area contributed by atoms with Gasteiger partial charge in [-0.25, -0.2) is 0 Å². The Morgan fingerprint density at radius 1 is 0.778 bits per heavy atom. The monoisotopic (exact) mass is 359 g/mol. The summed E-state index contributed by atoms with van der Waals surface area (Å²) in [6.07, 6.45) is 1.05. The maximum absolute atomic E-state index is 5.34. The Morgan fingerprint density at radius 3 is 1.93 bits per heavy atom. The van der Waals surface area contributed by atoms with Crippen molar-refractivity contribution in [1.29, 1.82) is 0 Å². The smallest absolute Gasteiger partial charge is 0.118 e. The van der Waals surface area contributed by atoms with E-state index in [0.29, 0.717) is 12.1 Å². The molecule has 0 aliphatic heterocycles. The Balaban J connectivity index is 1.95. The van der Waals surface area contributed by atoms with E-state index in [4.69, 9.17) is 4.74 Å². The Hall–Kier alpha value is -2.58. The molecule has 2 nitrogen and oxygen atoms in total. The number of ether oxygens (including phenoxy) is 1. The molecule has 0 heterocycles. The lowest BCUT2D eigenvalue weighted by atomic mass is 9.97. The van der Waals surface area contributed by atoms with Crippen LogP contribution in [0.25, 0.3) is 0 Å². The largest absolute Gasteiger partial charge is 0.497 e. The summed E-state index contributed by atoms with van der Waals surface area (Å²) in [5, 5.41) is 0. The highest BCUT2D eigenvalue weighted by atomic mass is 16.5. The third kappa shape index (κ3) is 4.78. The van der Waals surface area contributed by atoms with Crippen LogP contribution in [0.5, 0.6) is 5.75 Å². The quantitative estimate of drug-likeness (QED) is 0.461. The van der Waals surface area contributed by atoms with Crippen LogP contribution in [0.3, 0.4) is 0 Å². The van der Waals surface area contributed by atoms with Crippen molar-refractivity contribution in [2.75, 3.05) is 7.11 Å². The average Bonchev–Trinajstić information content (AvgIpc) is 2.75. The average molecular weight is 360 g/mol. The van der Waals surface area contributed by atoms with Crippen LogP contribution in [-0.4, -0.2) is 12.0 Å². The molecular formula is C25H29NO. The molecule has 27 heavy (non-hydrogen) atoms. The van der Waals surface area contributed by atoms with Gasteiger partial charge in [0, 0.05) is 18.6 Å². The third-order valence-corrected chi connectivity index (χ3v) is 5.28. The minimum absolute atomic E-state index is 0.318. The van der Waals surface area contributed by atoms with Crippen molar-refractivity contribution in [3.8, 4) is 5.75 Å². The van der Waals surface area contributed by atoms with Crippen molar-refractivity contribution in [1.82, 2.24) is 4.90 Å². The standard InChI is InChI=1S/C25H29NO/c1-4-25(23-15-17-24(27-3)18-16-23)26(19-21-11-7-5-8-12-21)20(2)22-13-9-6-10-14-22/h5-18,20,25H,4,19H2,1-3H3/t20?,25-/m0/s1. The Labute approximate surface area is 163 Å². The molecule has 3 rings (SSSR count). The highest BCUT2D eigenvalue weighted by Gasteiger charge is 2.25. The molecule has 0 aliphatic carbocycles. The molecule has 0 fully saturated rings. The molecule has 0 amide bonds. The van der Waals surface area contributed by atoms with Crippen LogP contribution in [0.2, 0.25) is 0 Å². The fraction of sp³-hybridized carbons (Fsp3) is 0.280. The maximum atomic E-state index is 5.34. The van der Waals surface area contributed by atoms with Gasteiger partial charge in [0.1, 0.15) is 5.75 Å². The molecule has 3 aromatic carbocycles. The number of benzene rings is 3. The molecule has 0 bridgehead atoms. The Bertz CT molecular complexity index is 799. The molecule has 140 valence electrons. The predicted molar refractivity (Wildman–Crippen MR) is 113 cm³/mol. The third-order valence-electron chi connectivity index (χ3n) is 5.28. The van der Waals surface area contributed by atoms with Gasteiger partial charge in [-0.05, 0) is 42.2 Å². The SMILES string of the molecule is CC[C@@H](c1ccc(OC)cc1)N(Cc1ccccc1)C(C)c1ccccc1. The number of hydrogen-bond acceptors (Lipinski definition) is 2. The van der Waals surface area contributed by atoms with Crippen molar-refractivity contribution in [2.45, 2.75) is 38.9 Å². The second kappa shape index (κ2) is 9.38. The summed E-state index contributed by atoms with van der Waals surface area (Å²) in [5.74, 6) is 0.902. The van der Waals surface area contributed by atoms with Crippen molar-refractivity contribution in [3.05, 3.63) is 102 Å². The van der Waals surface area contributed by atoms with E-state index < -0.39 is 0 Å². The van der Waals surface area contributed by atoms with E-state index in [-0.39, 0.29) is 0 Å². The van der Waals surface area contributed by atoms with Gasteiger partial charge in [0.15, 0.2) is 0 Å². The molecule has 2 atom stereocenters. The zero-order valence-corrected chi connectivity index (χ0v) is 16.5. The summed E-state index contributed by atoms with van der Waals surface area (Å²) in [6, 6.07) is 30.7. The van der Waals surface area contributed by atoms with E-state index in [2.05, 4.69) is 104 Å². The van der Waals surface area contributed by atoms with E-state index in [1.807, 2.05) is 0 Å². The van der Waals surface area contributed by atoms with Crippen LogP contribution < -0.4 is 4.74 Å². The second-order valence-corrected chi connectivity index (χ2v) is 6.94. The summed E-state index contributed by atoms with van der Waals surface area (Å²) < 4.78 is 5.34. The molecule has 0 N–H and O–H groups in total. The number of hydrogen-bond donors (Lipinski definition) is 0. The summed E-state index contributed by atoms with van der Waals surface area (Å²) in [7, 11) is 1.71. The summed E-state index contributed by atoms with van der Waals surface area (Å²) >= 11 is 0. The summed E-state index contributed by atoms with van der Waals surface area (Å²) in [4.78, 5) is 2.60. The number of nitrogens with zero attached hydrogens (tertiary/aromatic N) is 1. The molecule has 0 spiro atoms. The molecule has 0 saturated carbocycles. The molecule has 0 aromatic heterocycles. The highest BCUT2D eigenvalue weighted by Crippen LogP contribution is 2.35. The summed E-state index contributed by atoms with van der Waals surface area (Å²) in [6.45, 7) is 5.50. The van der Waals surface area contributed by atoms with Crippen molar-refractivity contribution >= 4 is 0 Å². The first kappa shape index (κ1) is 19.2. The van der Waals surface area contributed by atoms with Gasteiger partial charge >= 0.3 is 0 Å². The van der Waals surface area contributed by atoms with Crippen LogP contribution in [0.15, 0.2) is 84.9 Å². The van der Waals surface area contributed by atoms with Crippen LogP contribution >= 0.6 is 0 Å². The summed E-state index contributed by atoms with van der Waals surface area (Å²) in [5.41, 5.74) is 4.02. The molecule has 2 heteroatoms. The molecule has 3 aromatic rings. The lowest BCUT2D eigenvalue weighted by Crippen LogP contribution is -2.31. The zero-order chi connectivity index (χ0) is 19.1. The number of rotatable bonds is 8. The van der Waals surface area contributed by atoms with Crippen LogP contribution in [0.1, 0.15) is 49.0 Å². The molecular weight excluding hydrogens is 330 g/mol. The van der Waals surface area contributed by atoms with Gasteiger partial charge in [0.25, 0.3) is 0 Å². The molecule has 0 saturated heterocycles. The van der Waals surface area contributed by atoms with Crippen LogP contribution in [0.4, 0.5) is 0 Å². The van der Waals surface area contributed by atoms with Crippen LogP contribution in [-0.2, 0) is 6.54 Å². The van der Waals surface area contributed by atoms with Gasteiger partial charge in [-0.3, -0.25) is 4.90 Å². The zero-order valence-electron chi connectivity index (χ0n) is 16.5. The fourth-order valence-corrected chi connectivity index (χ4v) is 3.72. The lowest BCUT2D eigenvalue weighted by molar-refractivity contribution is 0.129. The topological polar surface area (TPSA) is 12.5 Å². The van der Waals surface area contributed by atoms with E-state index in [0.717, 1.165) is 18.7 Å². The first-order chi connectivity index (χ1) is 13.2. The molecule has 0 aliphatic rings. The maximum Gasteiger partial charge on any atom is 0.118 e. The van der Waals surface area contributed by atoms with Gasteiger partial charge in [-0.1, -0.05) is 79.7 Å².